The standard InChI is InChI=1S/C17H20FN5O/c1-11-19-20-16-10-21(2)15(9-23(11)16)17(24)22-7-6-13-12(8-22)4-3-5-14(13)18/h3-5,15H,6-10H2,1-2H3. The monoisotopic (exact) mass is 329 g/mol. The van der Waals surface area contributed by atoms with Crippen LogP contribution in [0, 0.1) is 12.7 Å². The van der Waals surface area contributed by atoms with Gasteiger partial charge in [-0.15, -0.1) is 10.2 Å². The van der Waals surface area contributed by atoms with E-state index < -0.39 is 0 Å². The highest BCUT2D eigenvalue weighted by atomic mass is 19.1. The van der Waals surface area contributed by atoms with E-state index in [2.05, 4.69) is 10.2 Å². The van der Waals surface area contributed by atoms with E-state index in [-0.39, 0.29) is 17.8 Å². The first-order valence-electron chi connectivity index (χ1n) is 8.18. The number of likely N-dealkylation sites (N-methyl/N-ethyl adjacent to an activating group) is 1. The lowest BCUT2D eigenvalue weighted by molar-refractivity contribution is -0.139. The molecule has 0 radical (unpaired) electrons. The summed E-state index contributed by atoms with van der Waals surface area (Å²) in [6, 6.07) is 4.87. The lowest BCUT2D eigenvalue weighted by Crippen LogP contribution is -2.52. The first-order chi connectivity index (χ1) is 11.5. The molecule has 1 amide bonds. The smallest absolute Gasteiger partial charge is 0.242 e. The Bertz CT molecular complexity index is 802. The Hall–Kier alpha value is -2.28. The number of benzene rings is 1. The maximum absolute atomic E-state index is 13.9. The van der Waals surface area contributed by atoms with Crippen LogP contribution in [0.15, 0.2) is 18.2 Å². The zero-order chi connectivity index (χ0) is 16.8. The molecular weight excluding hydrogens is 309 g/mol. The molecule has 1 atom stereocenters. The summed E-state index contributed by atoms with van der Waals surface area (Å²) in [6.45, 7) is 4.12. The molecule has 0 spiro atoms. The van der Waals surface area contributed by atoms with Crippen molar-refractivity contribution < 1.29 is 9.18 Å². The van der Waals surface area contributed by atoms with E-state index in [1.165, 1.54) is 6.07 Å². The van der Waals surface area contributed by atoms with E-state index in [1.54, 1.807) is 6.07 Å². The average molecular weight is 329 g/mol. The molecule has 24 heavy (non-hydrogen) atoms. The van der Waals surface area contributed by atoms with Gasteiger partial charge in [-0.25, -0.2) is 4.39 Å². The molecule has 2 aliphatic rings. The molecule has 0 bridgehead atoms. The van der Waals surface area contributed by atoms with Crippen molar-refractivity contribution in [3.05, 3.63) is 46.8 Å². The summed E-state index contributed by atoms with van der Waals surface area (Å²) in [4.78, 5) is 16.9. The summed E-state index contributed by atoms with van der Waals surface area (Å²) in [5.74, 6) is 1.65. The minimum Gasteiger partial charge on any atom is -0.337 e. The molecule has 1 aromatic heterocycles. The number of fused-ring (bicyclic) bond motifs is 2. The molecular formula is C17H20FN5O. The number of carbonyl (C=O) groups is 1. The van der Waals surface area contributed by atoms with Gasteiger partial charge in [-0.2, -0.15) is 0 Å². The number of hydrogen-bond donors (Lipinski definition) is 0. The fourth-order valence-corrected chi connectivity index (χ4v) is 3.65. The molecule has 0 saturated carbocycles. The van der Waals surface area contributed by atoms with Crippen LogP contribution in [0.1, 0.15) is 22.8 Å². The van der Waals surface area contributed by atoms with Gasteiger partial charge in [-0.05, 0) is 37.6 Å². The number of amides is 1. The number of aromatic nitrogens is 3. The third-order valence-electron chi connectivity index (χ3n) is 5.10. The van der Waals surface area contributed by atoms with E-state index in [4.69, 9.17) is 0 Å². The van der Waals surface area contributed by atoms with Crippen molar-refractivity contribution in [3.8, 4) is 0 Å². The fourth-order valence-electron chi connectivity index (χ4n) is 3.65. The number of carbonyl (C=O) groups excluding carboxylic acids is 1. The Labute approximate surface area is 139 Å². The van der Waals surface area contributed by atoms with Crippen LogP contribution in [0.5, 0.6) is 0 Å². The van der Waals surface area contributed by atoms with E-state index in [0.717, 1.165) is 22.8 Å². The summed E-state index contributed by atoms with van der Waals surface area (Å²) in [5.41, 5.74) is 1.66. The summed E-state index contributed by atoms with van der Waals surface area (Å²) < 4.78 is 15.9. The number of halogens is 1. The van der Waals surface area contributed by atoms with Gasteiger partial charge in [0.25, 0.3) is 0 Å². The van der Waals surface area contributed by atoms with Crippen LogP contribution in [0.3, 0.4) is 0 Å². The second-order valence-corrected chi connectivity index (χ2v) is 6.59. The van der Waals surface area contributed by atoms with E-state index >= 15 is 0 Å². The van der Waals surface area contributed by atoms with E-state index in [1.807, 2.05) is 34.4 Å². The van der Waals surface area contributed by atoms with Gasteiger partial charge in [0.1, 0.15) is 23.5 Å². The van der Waals surface area contributed by atoms with Gasteiger partial charge >= 0.3 is 0 Å². The molecule has 0 aliphatic carbocycles. The van der Waals surface area contributed by atoms with Crippen molar-refractivity contribution in [2.75, 3.05) is 13.6 Å². The van der Waals surface area contributed by atoms with Crippen molar-refractivity contribution in [2.45, 2.75) is 39.0 Å². The highest BCUT2D eigenvalue weighted by molar-refractivity contribution is 5.82. The van der Waals surface area contributed by atoms with E-state index in [9.17, 15) is 9.18 Å². The molecule has 7 heteroatoms. The maximum atomic E-state index is 13.9. The van der Waals surface area contributed by atoms with Gasteiger partial charge in [0, 0.05) is 13.1 Å². The summed E-state index contributed by atoms with van der Waals surface area (Å²) in [7, 11) is 1.94. The highest BCUT2D eigenvalue weighted by Crippen LogP contribution is 2.24. The lowest BCUT2D eigenvalue weighted by Gasteiger charge is -2.37. The van der Waals surface area contributed by atoms with Crippen molar-refractivity contribution >= 4 is 5.91 Å². The predicted molar refractivity (Wildman–Crippen MR) is 85.5 cm³/mol. The van der Waals surface area contributed by atoms with Crippen molar-refractivity contribution in [3.63, 3.8) is 0 Å². The van der Waals surface area contributed by atoms with Gasteiger partial charge in [0.05, 0.1) is 13.1 Å². The van der Waals surface area contributed by atoms with Gasteiger partial charge in [-0.3, -0.25) is 9.69 Å². The molecule has 2 aliphatic heterocycles. The Morgan fingerprint density at radius 2 is 2.12 bits per heavy atom. The summed E-state index contributed by atoms with van der Waals surface area (Å²) >= 11 is 0. The molecule has 2 aromatic rings. The Balaban J connectivity index is 1.55. The zero-order valence-corrected chi connectivity index (χ0v) is 13.9. The maximum Gasteiger partial charge on any atom is 0.242 e. The summed E-state index contributed by atoms with van der Waals surface area (Å²) in [5, 5.41) is 8.26. The van der Waals surface area contributed by atoms with Crippen molar-refractivity contribution in [1.82, 2.24) is 24.6 Å². The minimum absolute atomic E-state index is 0.0890. The largest absolute Gasteiger partial charge is 0.337 e. The van der Waals surface area contributed by atoms with Crippen LogP contribution >= 0.6 is 0 Å². The van der Waals surface area contributed by atoms with E-state index in [0.29, 0.717) is 32.6 Å². The van der Waals surface area contributed by atoms with Crippen LogP contribution in [0.25, 0.3) is 0 Å². The Morgan fingerprint density at radius 3 is 2.96 bits per heavy atom. The molecule has 0 fully saturated rings. The minimum atomic E-state index is -0.234. The highest BCUT2D eigenvalue weighted by Gasteiger charge is 2.35. The topological polar surface area (TPSA) is 54.3 Å². The van der Waals surface area contributed by atoms with Crippen LogP contribution in [-0.2, 0) is 30.8 Å². The molecule has 6 nitrogen and oxygen atoms in total. The normalized spacial score (nSPS) is 20.6. The van der Waals surface area contributed by atoms with Crippen LogP contribution in [0.2, 0.25) is 0 Å². The predicted octanol–water partition coefficient (Wildman–Crippen LogP) is 1.12. The molecule has 0 saturated heterocycles. The Kier molecular flexibility index (Phi) is 3.60. The van der Waals surface area contributed by atoms with Gasteiger partial charge in [-0.1, -0.05) is 12.1 Å². The first-order valence-corrected chi connectivity index (χ1v) is 8.18. The lowest BCUT2D eigenvalue weighted by atomic mass is 9.98. The van der Waals surface area contributed by atoms with Gasteiger partial charge < -0.3 is 9.47 Å². The summed E-state index contributed by atoms with van der Waals surface area (Å²) in [6.07, 6.45) is 0.571. The second-order valence-electron chi connectivity index (χ2n) is 6.59. The fraction of sp³-hybridized carbons (Fsp3) is 0.471. The zero-order valence-electron chi connectivity index (χ0n) is 13.9. The molecule has 3 heterocycles. The molecule has 0 N–H and O–H groups in total. The first kappa shape index (κ1) is 15.3. The van der Waals surface area contributed by atoms with Crippen LogP contribution in [-0.4, -0.2) is 50.1 Å². The number of rotatable bonds is 1. The molecule has 1 aromatic carbocycles. The van der Waals surface area contributed by atoms with Crippen LogP contribution in [0.4, 0.5) is 4.39 Å². The quantitative estimate of drug-likeness (QED) is 0.787. The number of hydrogen-bond acceptors (Lipinski definition) is 4. The van der Waals surface area contributed by atoms with Crippen molar-refractivity contribution in [1.29, 1.82) is 0 Å². The number of aryl methyl sites for hydroxylation is 1. The third-order valence-corrected chi connectivity index (χ3v) is 5.10. The second kappa shape index (κ2) is 5.66. The Morgan fingerprint density at radius 1 is 1.29 bits per heavy atom. The van der Waals surface area contributed by atoms with Gasteiger partial charge in [0.2, 0.25) is 5.91 Å². The molecule has 1 unspecified atom stereocenters. The third kappa shape index (κ3) is 2.39. The molecule has 126 valence electrons. The number of nitrogens with zero attached hydrogens (tertiary/aromatic N) is 5. The van der Waals surface area contributed by atoms with Crippen molar-refractivity contribution in [2.24, 2.45) is 0 Å². The molecule has 4 rings (SSSR count). The SMILES string of the molecule is Cc1nnc2n1CC(C(=O)N1CCc3c(F)cccc3C1)N(C)C2. The van der Waals surface area contributed by atoms with Crippen LogP contribution < -0.4 is 0 Å². The average Bonchev–Trinajstić information content (AvgIpc) is 2.93. The van der Waals surface area contributed by atoms with Gasteiger partial charge in [0.15, 0.2) is 0 Å².